The summed E-state index contributed by atoms with van der Waals surface area (Å²) in [5.74, 6) is 1.52. The normalized spacial score (nSPS) is 10.7. The molecule has 0 unspecified atom stereocenters. The molecule has 5 heteroatoms. The molecule has 0 bridgehead atoms. The zero-order chi connectivity index (χ0) is 13.1. The number of rotatable bonds is 4. The highest BCUT2D eigenvalue weighted by Crippen LogP contribution is 2.28. The fourth-order valence-electron chi connectivity index (χ4n) is 1.71. The summed E-state index contributed by atoms with van der Waals surface area (Å²) in [5.41, 5.74) is 0.866. The van der Waals surface area contributed by atoms with Gasteiger partial charge in [0.25, 0.3) is 0 Å². The molecule has 0 saturated heterocycles. The summed E-state index contributed by atoms with van der Waals surface area (Å²) >= 11 is 6.04. The molecule has 0 atom stereocenters. The number of halogens is 1. The molecule has 2 aromatic rings. The maximum atomic E-state index is 6.04. The molecule has 0 radical (unpaired) electrons. The van der Waals surface area contributed by atoms with Gasteiger partial charge < -0.3 is 10.1 Å². The largest absolute Gasteiger partial charge is 0.495 e. The van der Waals surface area contributed by atoms with E-state index in [1.54, 1.807) is 19.4 Å². The van der Waals surface area contributed by atoms with Crippen molar-refractivity contribution in [3.63, 3.8) is 0 Å². The molecule has 1 aromatic carbocycles. The van der Waals surface area contributed by atoms with Gasteiger partial charge in [0, 0.05) is 23.5 Å². The molecule has 18 heavy (non-hydrogen) atoms. The van der Waals surface area contributed by atoms with E-state index in [-0.39, 0.29) is 0 Å². The monoisotopic (exact) mass is 265 g/mol. The average Bonchev–Trinajstić information content (AvgIpc) is 2.76. The third-order valence-electron chi connectivity index (χ3n) is 2.46. The fraction of sp³-hybridized carbons (Fsp3) is 0.308. The number of benzene rings is 1. The lowest BCUT2D eigenvalue weighted by Gasteiger charge is -2.15. The Labute approximate surface area is 112 Å². The lowest BCUT2D eigenvalue weighted by molar-refractivity contribution is 0.413. The Balaban J connectivity index is 2.48. The number of hydrogen-bond donors (Lipinski definition) is 1. The van der Waals surface area contributed by atoms with Crippen molar-refractivity contribution in [1.29, 1.82) is 0 Å². The first-order valence-electron chi connectivity index (χ1n) is 5.75. The molecule has 0 aliphatic heterocycles. The Morgan fingerprint density at radius 1 is 1.39 bits per heavy atom. The van der Waals surface area contributed by atoms with Crippen LogP contribution in [-0.2, 0) is 0 Å². The number of aromatic nitrogens is 2. The summed E-state index contributed by atoms with van der Waals surface area (Å²) in [7, 11) is 1.64. The van der Waals surface area contributed by atoms with Crippen LogP contribution in [0.4, 0.5) is 5.95 Å². The minimum absolute atomic E-state index is 0.302. The molecule has 2 rings (SSSR count). The molecule has 0 aliphatic rings. The molecule has 0 saturated carbocycles. The second-order valence-electron chi connectivity index (χ2n) is 4.24. The van der Waals surface area contributed by atoms with Crippen molar-refractivity contribution >= 4 is 17.5 Å². The van der Waals surface area contributed by atoms with E-state index in [1.807, 2.05) is 22.9 Å². The van der Waals surface area contributed by atoms with Gasteiger partial charge in [-0.05, 0) is 32.0 Å². The zero-order valence-electron chi connectivity index (χ0n) is 10.6. The molecule has 96 valence electrons. The number of imidazole rings is 1. The molecule has 1 heterocycles. The Kier molecular flexibility index (Phi) is 3.77. The molecule has 0 spiro atoms. The molecule has 0 amide bonds. The van der Waals surface area contributed by atoms with E-state index in [1.165, 1.54) is 0 Å². The standard InChI is InChI=1S/C13H16ClN3O/c1-9(2)16-13-15-6-7-17(13)11-8-10(14)4-5-12(11)18-3/h4-9H,1-3H3,(H,15,16). The van der Waals surface area contributed by atoms with Crippen molar-refractivity contribution in [2.75, 3.05) is 12.4 Å². The highest BCUT2D eigenvalue weighted by Gasteiger charge is 2.11. The van der Waals surface area contributed by atoms with Gasteiger partial charge in [-0.3, -0.25) is 4.57 Å². The van der Waals surface area contributed by atoms with Gasteiger partial charge in [-0.2, -0.15) is 0 Å². The smallest absolute Gasteiger partial charge is 0.207 e. The summed E-state index contributed by atoms with van der Waals surface area (Å²) in [4.78, 5) is 4.29. The van der Waals surface area contributed by atoms with Crippen molar-refractivity contribution < 1.29 is 4.74 Å². The van der Waals surface area contributed by atoms with Crippen LogP contribution in [-0.4, -0.2) is 22.7 Å². The second kappa shape index (κ2) is 5.31. The summed E-state index contributed by atoms with van der Waals surface area (Å²) in [6.45, 7) is 4.13. The van der Waals surface area contributed by atoms with Crippen molar-refractivity contribution in [2.24, 2.45) is 0 Å². The van der Waals surface area contributed by atoms with E-state index in [0.29, 0.717) is 11.1 Å². The van der Waals surface area contributed by atoms with Crippen molar-refractivity contribution in [3.05, 3.63) is 35.6 Å². The van der Waals surface area contributed by atoms with Crippen molar-refractivity contribution in [1.82, 2.24) is 9.55 Å². The minimum atomic E-state index is 0.302. The maximum Gasteiger partial charge on any atom is 0.207 e. The molecule has 0 fully saturated rings. The van der Waals surface area contributed by atoms with Crippen LogP contribution in [0.5, 0.6) is 5.75 Å². The van der Waals surface area contributed by atoms with Gasteiger partial charge in [0.1, 0.15) is 5.75 Å². The van der Waals surface area contributed by atoms with Crippen molar-refractivity contribution in [3.8, 4) is 11.4 Å². The Morgan fingerprint density at radius 3 is 2.83 bits per heavy atom. The van der Waals surface area contributed by atoms with E-state index in [0.717, 1.165) is 17.4 Å². The highest BCUT2D eigenvalue weighted by molar-refractivity contribution is 6.30. The lowest BCUT2D eigenvalue weighted by Crippen LogP contribution is -2.14. The predicted molar refractivity (Wildman–Crippen MR) is 73.9 cm³/mol. The number of anilines is 1. The van der Waals surface area contributed by atoms with Crippen LogP contribution in [0.1, 0.15) is 13.8 Å². The van der Waals surface area contributed by atoms with Crippen LogP contribution < -0.4 is 10.1 Å². The summed E-state index contributed by atoms with van der Waals surface area (Å²) in [6.07, 6.45) is 3.62. The minimum Gasteiger partial charge on any atom is -0.495 e. The van der Waals surface area contributed by atoms with Gasteiger partial charge in [0.15, 0.2) is 0 Å². The van der Waals surface area contributed by atoms with Crippen LogP contribution in [0.2, 0.25) is 5.02 Å². The Morgan fingerprint density at radius 2 is 2.17 bits per heavy atom. The average molecular weight is 266 g/mol. The van der Waals surface area contributed by atoms with Crippen LogP contribution in [0, 0.1) is 0 Å². The van der Waals surface area contributed by atoms with Crippen LogP contribution in [0.15, 0.2) is 30.6 Å². The van der Waals surface area contributed by atoms with Gasteiger partial charge in [-0.25, -0.2) is 4.98 Å². The van der Waals surface area contributed by atoms with Crippen LogP contribution >= 0.6 is 11.6 Å². The molecule has 4 nitrogen and oxygen atoms in total. The topological polar surface area (TPSA) is 39.1 Å². The first-order valence-corrected chi connectivity index (χ1v) is 6.13. The third-order valence-corrected chi connectivity index (χ3v) is 2.69. The summed E-state index contributed by atoms with van der Waals surface area (Å²) < 4.78 is 7.27. The van der Waals surface area contributed by atoms with Crippen molar-refractivity contribution in [2.45, 2.75) is 19.9 Å². The Bertz CT molecular complexity index is 537. The number of hydrogen-bond acceptors (Lipinski definition) is 3. The van der Waals surface area contributed by atoms with Crippen LogP contribution in [0.25, 0.3) is 5.69 Å². The summed E-state index contributed by atoms with van der Waals surface area (Å²) in [6, 6.07) is 5.80. The molecular formula is C13H16ClN3O. The molecule has 1 aromatic heterocycles. The number of ether oxygens (including phenoxy) is 1. The van der Waals surface area contributed by atoms with Gasteiger partial charge in [-0.1, -0.05) is 11.6 Å². The molecule has 1 N–H and O–H groups in total. The first kappa shape index (κ1) is 12.8. The van der Waals surface area contributed by atoms with Crippen LogP contribution in [0.3, 0.4) is 0 Å². The van der Waals surface area contributed by atoms with E-state index < -0.39 is 0 Å². The third kappa shape index (κ3) is 2.59. The van der Waals surface area contributed by atoms with E-state index >= 15 is 0 Å². The van der Waals surface area contributed by atoms with Gasteiger partial charge in [-0.15, -0.1) is 0 Å². The zero-order valence-corrected chi connectivity index (χ0v) is 11.4. The van der Waals surface area contributed by atoms with Gasteiger partial charge >= 0.3 is 0 Å². The lowest BCUT2D eigenvalue weighted by atomic mass is 10.3. The van der Waals surface area contributed by atoms with Gasteiger partial charge in [0.2, 0.25) is 5.95 Å². The number of nitrogens with zero attached hydrogens (tertiary/aromatic N) is 2. The van der Waals surface area contributed by atoms with Gasteiger partial charge in [0.05, 0.1) is 12.8 Å². The van der Waals surface area contributed by atoms with E-state index in [9.17, 15) is 0 Å². The predicted octanol–water partition coefficient (Wildman–Crippen LogP) is 3.35. The SMILES string of the molecule is COc1ccc(Cl)cc1-n1ccnc1NC(C)C. The fourth-order valence-corrected chi connectivity index (χ4v) is 1.88. The molecular weight excluding hydrogens is 250 g/mol. The summed E-state index contributed by atoms with van der Waals surface area (Å²) in [5, 5.41) is 3.94. The second-order valence-corrected chi connectivity index (χ2v) is 4.67. The number of methoxy groups -OCH3 is 1. The maximum absolute atomic E-state index is 6.04. The van der Waals surface area contributed by atoms with E-state index in [4.69, 9.17) is 16.3 Å². The quantitative estimate of drug-likeness (QED) is 0.921. The molecule has 0 aliphatic carbocycles. The first-order chi connectivity index (χ1) is 8.61. The highest BCUT2D eigenvalue weighted by atomic mass is 35.5. The number of nitrogens with one attached hydrogen (secondary N) is 1. The van der Waals surface area contributed by atoms with E-state index in [2.05, 4.69) is 24.1 Å². The Hall–Kier alpha value is -1.68.